The fourth-order valence-corrected chi connectivity index (χ4v) is 6.26. The van der Waals surface area contributed by atoms with Crippen molar-refractivity contribution in [2.75, 3.05) is 14.2 Å². The van der Waals surface area contributed by atoms with Crippen molar-refractivity contribution in [1.82, 2.24) is 5.32 Å². The average molecular weight is 456 g/mol. The van der Waals surface area contributed by atoms with Crippen LogP contribution in [0.3, 0.4) is 0 Å². The Labute approximate surface area is 175 Å². The van der Waals surface area contributed by atoms with Crippen LogP contribution >= 0.6 is 15.9 Å². The first-order valence-corrected chi connectivity index (χ1v) is 10.3. The summed E-state index contributed by atoms with van der Waals surface area (Å²) in [5.74, 6) is -3.51. The lowest BCUT2D eigenvalue weighted by Crippen LogP contribution is -2.55. The summed E-state index contributed by atoms with van der Waals surface area (Å²) in [5, 5.41) is 2.92. The third-order valence-electron chi connectivity index (χ3n) is 6.75. The van der Waals surface area contributed by atoms with Gasteiger partial charge in [-0.25, -0.2) is 0 Å². The minimum absolute atomic E-state index is 0.0109. The number of nitrogens with one attached hydrogen (secondary N) is 1. The Balaban J connectivity index is 1.82. The second-order valence-corrected chi connectivity index (χ2v) is 8.66. The zero-order chi connectivity index (χ0) is 20.6. The van der Waals surface area contributed by atoms with Crippen molar-refractivity contribution in [2.45, 2.75) is 24.3 Å². The van der Waals surface area contributed by atoms with Gasteiger partial charge in [-0.15, -0.1) is 0 Å². The highest BCUT2D eigenvalue weighted by molar-refractivity contribution is 9.12. The largest absolute Gasteiger partial charge is 0.492 e. The number of allylic oxidation sites excluding steroid dienone is 3. The van der Waals surface area contributed by atoms with Gasteiger partial charge in [0.1, 0.15) is 4.48 Å². The summed E-state index contributed by atoms with van der Waals surface area (Å²) >= 11 is 3.24. The van der Waals surface area contributed by atoms with Crippen molar-refractivity contribution < 1.29 is 23.9 Å². The van der Waals surface area contributed by atoms with Crippen LogP contribution < -0.4 is 5.32 Å². The normalized spacial score (nSPS) is 33.0. The van der Waals surface area contributed by atoms with E-state index < -0.39 is 29.7 Å². The number of carbonyl (C=O) groups excluding carboxylic acids is 4. The monoisotopic (exact) mass is 455 g/mol. The molecule has 148 valence electrons. The standard InChI is InChI=1S/C22H18BrNO5/c1-24-10-7-11(25)14-12-8-5-3-4-6-9(8)13(15(14)19(10)26)17-16(12)20(27)18(23)22(29-2)21(17)28/h3-6,10,12-13,16-17,24H,7H2,1-2H3. The molecule has 7 heteroatoms. The number of ketones is 4. The lowest BCUT2D eigenvalue weighted by atomic mass is 9.49. The van der Waals surface area contributed by atoms with E-state index in [1.807, 2.05) is 24.3 Å². The van der Waals surface area contributed by atoms with E-state index in [1.54, 1.807) is 7.05 Å². The lowest BCUT2D eigenvalue weighted by Gasteiger charge is -2.52. The number of methoxy groups -OCH3 is 1. The van der Waals surface area contributed by atoms with Crippen molar-refractivity contribution in [2.24, 2.45) is 11.8 Å². The van der Waals surface area contributed by atoms with E-state index in [2.05, 4.69) is 21.2 Å². The first-order valence-electron chi connectivity index (χ1n) is 9.52. The molecule has 5 atom stereocenters. The van der Waals surface area contributed by atoms with Gasteiger partial charge in [0.2, 0.25) is 5.78 Å². The van der Waals surface area contributed by atoms with Crippen LogP contribution in [-0.4, -0.2) is 43.3 Å². The molecule has 1 aromatic rings. The number of likely N-dealkylation sites (N-methyl/N-ethyl adjacent to an activating group) is 1. The van der Waals surface area contributed by atoms with Gasteiger partial charge in [0.25, 0.3) is 0 Å². The van der Waals surface area contributed by atoms with E-state index in [9.17, 15) is 19.2 Å². The predicted octanol–water partition coefficient (Wildman–Crippen LogP) is 1.94. The van der Waals surface area contributed by atoms with Crippen LogP contribution in [0, 0.1) is 11.8 Å². The van der Waals surface area contributed by atoms with E-state index >= 15 is 0 Å². The Morgan fingerprint density at radius 3 is 2.10 bits per heavy atom. The predicted molar refractivity (Wildman–Crippen MR) is 106 cm³/mol. The zero-order valence-corrected chi connectivity index (χ0v) is 17.4. The first kappa shape index (κ1) is 18.6. The van der Waals surface area contributed by atoms with Gasteiger partial charge in [-0.2, -0.15) is 0 Å². The summed E-state index contributed by atoms with van der Waals surface area (Å²) < 4.78 is 5.35. The number of hydrogen-bond donors (Lipinski definition) is 1. The van der Waals surface area contributed by atoms with Gasteiger partial charge in [-0.1, -0.05) is 24.3 Å². The molecule has 2 bridgehead atoms. The molecule has 29 heavy (non-hydrogen) atoms. The molecule has 0 saturated heterocycles. The molecule has 6 nitrogen and oxygen atoms in total. The van der Waals surface area contributed by atoms with E-state index in [0.29, 0.717) is 11.1 Å². The molecule has 0 radical (unpaired) electrons. The van der Waals surface area contributed by atoms with E-state index in [0.717, 1.165) is 11.1 Å². The number of halogens is 1. The fourth-order valence-electron chi connectivity index (χ4n) is 5.64. The summed E-state index contributed by atoms with van der Waals surface area (Å²) in [6, 6.07) is 6.91. The smallest absolute Gasteiger partial charge is 0.203 e. The van der Waals surface area contributed by atoms with Gasteiger partial charge in [0.15, 0.2) is 23.1 Å². The molecule has 5 unspecified atom stereocenters. The van der Waals surface area contributed by atoms with Crippen LogP contribution in [0.5, 0.6) is 0 Å². The summed E-state index contributed by atoms with van der Waals surface area (Å²) in [6.45, 7) is 0. The highest BCUT2D eigenvalue weighted by atomic mass is 79.9. The van der Waals surface area contributed by atoms with Gasteiger partial charge < -0.3 is 10.1 Å². The van der Waals surface area contributed by atoms with Crippen LogP contribution in [0.25, 0.3) is 0 Å². The molecule has 0 saturated carbocycles. The SMILES string of the molecule is CNC1CC(=O)C2=C(C1=O)C1c3ccccc3C2C2C(=O)C(Br)=C(OC)C(=O)C12. The molecular formula is C22H18BrNO5. The van der Waals surface area contributed by atoms with Gasteiger partial charge in [0, 0.05) is 41.2 Å². The van der Waals surface area contributed by atoms with Crippen molar-refractivity contribution in [1.29, 1.82) is 0 Å². The van der Waals surface area contributed by atoms with E-state index in [1.165, 1.54) is 7.11 Å². The fraction of sp³-hybridized carbons (Fsp3) is 0.364. The molecule has 5 aliphatic carbocycles. The minimum atomic E-state index is -0.746. The van der Waals surface area contributed by atoms with E-state index in [4.69, 9.17) is 4.74 Å². The van der Waals surface area contributed by atoms with Gasteiger partial charge in [0.05, 0.1) is 13.2 Å². The number of rotatable bonds is 2. The van der Waals surface area contributed by atoms with Gasteiger partial charge >= 0.3 is 0 Å². The van der Waals surface area contributed by atoms with Crippen molar-refractivity contribution in [3.63, 3.8) is 0 Å². The Kier molecular flexibility index (Phi) is 4.05. The summed E-state index contributed by atoms with van der Waals surface area (Å²) in [7, 11) is 3.01. The average Bonchev–Trinajstić information content (AvgIpc) is 2.74. The Morgan fingerprint density at radius 2 is 1.52 bits per heavy atom. The molecule has 6 rings (SSSR count). The highest BCUT2D eigenvalue weighted by Crippen LogP contribution is 2.62. The summed E-state index contributed by atoms with van der Waals surface area (Å²) in [5.41, 5.74) is 2.54. The van der Waals surface area contributed by atoms with Crippen LogP contribution in [0.1, 0.15) is 29.4 Å². The number of hydrogen-bond acceptors (Lipinski definition) is 6. The van der Waals surface area contributed by atoms with Crippen molar-refractivity contribution in [3.05, 3.63) is 56.8 Å². The van der Waals surface area contributed by atoms with Crippen molar-refractivity contribution >= 4 is 39.1 Å². The maximum absolute atomic E-state index is 13.4. The van der Waals surface area contributed by atoms with Crippen LogP contribution in [-0.2, 0) is 23.9 Å². The zero-order valence-electron chi connectivity index (χ0n) is 15.8. The van der Waals surface area contributed by atoms with Crippen LogP contribution in [0.15, 0.2) is 45.7 Å². The maximum atomic E-state index is 13.4. The quantitative estimate of drug-likeness (QED) is 0.732. The third-order valence-corrected chi connectivity index (χ3v) is 7.50. The lowest BCUT2D eigenvalue weighted by molar-refractivity contribution is -0.136. The van der Waals surface area contributed by atoms with E-state index in [-0.39, 0.29) is 39.8 Å². The molecular weight excluding hydrogens is 438 g/mol. The molecule has 0 aromatic heterocycles. The maximum Gasteiger partial charge on any atom is 0.203 e. The second-order valence-electron chi connectivity index (χ2n) is 7.87. The second kappa shape index (κ2) is 6.31. The summed E-state index contributed by atoms with van der Waals surface area (Å²) in [4.78, 5) is 53.1. The number of benzene rings is 1. The molecule has 0 heterocycles. The Hall–Kier alpha value is -2.38. The molecule has 1 N–H and O–H groups in total. The topological polar surface area (TPSA) is 89.5 Å². The Morgan fingerprint density at radius 1 is 0.931 bits per heavy atom. The minimum Gasteiger partial charge on any atom is -0.492 e. The first-order chi connectivity index (χ1) is 13.9. The molecule has 0 spiro atoms. The highest BCUT2D eigenvalue weighted by Gasteiger charge is 2.62. The molecule has 0 aliphatic heterocycles. The number of Topliss-reactive ketones (excluding diaryl/α,β-unsaturated/α-hetero) is 4. The number of ether oxygens (including phenoxy) is 1. The Bertz CT molecular complexity index is 1080. The third kappa shape index (κ3) is 2.20. The van der Waals surface area contributed by atoms with Gasteiger partial charge in [-0.3, -0.25) is 19.2 Å². The molecule has 0 amide bonds. The van der Waals surface area contributed by atoms with Crippen LogP contribution in [0.4, 0.5) is 0 Å². The molecule has 0 fully saturated rings. The number of carbonyl (C=O) groups is 4. The molecule has 1 aromatic carbocycles. The van der Waals surface area contributed by atoms with Crippen molar-refractivity contribution in [3.8, 4) is 0 Å². The van der Waals surface area contributed by atoms with Gasteiger partial charge in [-0.05, 0) is 34.1 Å². The van der Waals surface area contributed by atoms with Crippen LogP contribution in [0.2, 0.25) is 0 Å². The molecule has 5 aliphatic rings. The summed E-state index contributed by atoms with van der Waals surface area (Å²) in [6.07, 6.45) is 0.0689.